The number of carbonyl (C=O) groups is 1. The third-order valence-electron chi connectivity index (χ3n) is 3.43. The molecule has 0 radical (unpaired) electrons. The van der Waals surface area contributed by atoms with Crippen molar-refractivity contribution in [2.45, 2.75) is 51.1 Å². The molecule has 4 nitrogen and oxygen atoms in total. The van der Waals surface area contributed by atoms with Gasteiger partial charge in [0.2, 0.25) is 0 Å². The van der Waals surface area contributed by atoms with Gasteiger partial charge >= 0.3 is 5.97 Å². The second-order valence-corrected chi connectivity index (χ2v) is 4.65. The molecular weight excluding hydrogens is 206 g/mol. The Morgan fingerprint density at radius 1 is 1.56 bits per heavy atom. The van der Waals surface area contributed by atoms with E-state index < -0.39 is 12.0 Å². The average Bonchev–Trinajstić information content (AvgIpc) is 2.28. The van der Waals surface area contributed by atoms with Crippen LogP contribution in [0.5, 0.6) is 0 Å². The number of hydrogen-bond donors (Lipinski definition) is 2. The third kappa shape index (κ3) is 4.10. The fourth-order valence-electron chi connectivity index (χ4n) is 2.46. The van der Waals surface area contributed by atoms with Crippen molar-refractivity contribution in [3.63, 3.8) is 0 Å². The maximum absolute atomic E-state index is 11.0. The van der Waals surface area contributed by atoms with Gasteiger partial charge in [-0.15, -0.1) is 0 Å². The van der Waals surface area contributed by atoms with E-state index in [1.54, 1.807) is 0 Å². The highest BCUT2D eigenvalue weighted by molar-refractivity contribution is 5.73. The first kappa shape index (κ1) is 13.5. The first-order chi connectivity index (χ1) is 7.67. The summed E-state index contributed by atoms with van der Waals surface area (Å²) >= 11 is 0. The molecular formula is C12H23NO3. The van der Waals surface area contributed by atoms with Gasteiger partial charge in [0.15, 0.2) is 0 Å². The standard InChI is InChI=1S/C12H23NO3/c1-3-9-5-4-6-10(7-9)13-11(8-16-2)12(14)15/h9-11,13H,3-8H2,1-2H3,(H,14,15). The van der Waals surface area contributed by atoms with Gasteiger partial charge in [-0.3, -0.25) is 10.1 Å². The minimum atomic E-state index is -0.819. The fraction of sp³-hybridized carbons (Fsp3) is 0.917. The maximum atomic E-state index is 11.0. The molecule has 1 saturated carbocycles. The molecule has 0 spiro atoms. The zero-order chi connectivity index (χ0) is 12.0. The zero-order valence-electron chi connectivity index (χ0n) is 10.2. The number of methoxy groups -OCH3 is 1. The van der Waals surface area contributed by atoms with Crippen LogP contribution in [0.3, 0.4) is 0 Å². The zero-order valence-corrected chi connectivity index (χ0v) is 10.2. The Kier molecular flexibility index (Phi) is 5.77. The molecule has 1 aliphatic rings. The number of rotatable bonds is 6. The Hall–Kier alpha value is -0.610. The van der Waals surface area contributed by atoms with Crippen LogP contribution in [0.15, 0.2) is 0 Å². The first-order valence-electron chi connectivity index (χ1n) is 6.15. The summed E-state index contributed by atoms with van der Waals surface area (Å²) in [5, 5.41) is 12.2. The van der Waals surface area contributed by atoms with Gasteiger partial charge in [0.25, 0.3) is 0 Å². The minimum Gasteiger partial charge on any atom is -0.480 e. The van der Waals surface area contributed by atoms with E-state index in [0.717, 1.165) is 18.8 Å². The van der Waals surface area contributed by atoms with Gasteiger partial charge in [-0.1, -0.05) is 26.2 Å². The summed E-state index contributed by atoms with van der Waals surface area (Å²) in [7, 11) is 1.54. The molecule has 4 heteroatoms. The summed E-state index contributed by atoms with van der Waals surface area (Å²) in [4.78, 5) is 11.0. The summed E-state index contributed by atoms with van der Waals surface area (Å²) in [6, 6.07) is -0.222. The highest BCUT2D eigenvalue weighted by Crippen LogP contribution is 2.26. The Morgan fingerprint density at radius 3 is 2.88 bits per heavy atom. The van der Waals surface area contributed by atoms with Gasteiger partial charge in [0.05, 0.1) is 6.61 Å². The van der Waals surface area contributed by atoms with Crippen molar-refractivity contribution in [1.29, 1.82) is 0 Å². The van der Waals surface area contributed by atoms with Crippen LogP contribution in [0.2, 0.25) is 0 Å². The van der Waals surface area contributed by atoms with Crippen molar-refractivity contribution in [1.82, 2.24) is 5.32 Å². The van der Waals surface area contributed by atoms with Crippen LogP contribution >= 0.6 is 0 Å². The molecule has 16 heavy (non-hydrogen) atoms. The van der Waals surface area contributed by atoms with Crippen LogP contribution in [-0.4, -0.2) is 36.9 Å². The maximum Gasteiger partial charge on any atom is 0.323 e. The SMILES string of the molecule is CCC1CCCC(NC(COC)C(=O)O)C1. The highest BCUT2D eigenvalue weighted by atomic mass is 16.5. The van der Waals surface area contributed by atoms with Crippen LogP contribution in [0.4, 0.5) is 0 Å². The fourth-order valence-corrected chi connectivity index (χ4v) is 2.46. The van der Waals surface area contributed by atoms with Crippen molar-refractivity contribution >= 4 is 5.97 Å². The van der Waals surface area contributed by atoms with Gasteiger partial charge in [0, 0.05) is 13.2 Å². The molecule has 0 heterocycles. The molecule has 1 fully saturated rings. The van der Waals surface area contributed by atoms with Gasteiger partial charge in [0.1, 0.15) is 6.04 Å². The number of carboxylic acids is 1. The second-order valence-electron chi connectivity index (χ2n) is 4.65. The molecule has 0 amide bonds. The second kappa shape index (κ2) is 6.86. The van der Waals surface area contributed by atoms with E-state index in [1.165, 1.54) is 26.4 Å². The van der Waals surface area contributed by atoms with Crippen LogP contribution < -0.4 is 5.32 Å². The number of aliphatic carboxylic acids is 1. The summed E-state index contributed by atoms with van der Waals surface area (Å²) in [5.74, 6) is -0.0660. The van der Waals surface area contributed by atoms with Crippen molar-refractivity contribution in [2.75, 3.05) is 13.7 Å². The van der Waals surface area contributed by atoms with E-state index in [0.29, 0.717) is 6.04 Å². The molecule has 2 N–H and O–H groups in total. The lowest BCUT2D eigenvalue weighted by atomic mass is 9.84. The number of nitrogens with one attached hydrogen (secondary N) is 1. The van der Waals surface area contributed by atoms with Crippen LogP contribution in [0, 0.1) is 5.92 Å². The highest BCUT2D eigenvalue weighted by Gasteiger charge is 2.25. The molecule has 94 valence electrons. The largest absolute Gasteiger partial charge is 0.480 e. The van der Waals surface area contributed by atoms with Gasteiger partial charge in [-0.25, -0.2) is 0 Å². The predicted molar refractivity (Wildman–Crippen MR) is 62.5 cm³/mol. The normalized spacial score (nSPS) is 27.6. The molecule has 1 rings (SSSR count). The Balaban J connectivity index is 2.41. The Morgan fingerprint density at radius 2 is 2.31 bits per heavy atom. The average molecular weight is 229 g/mol. The molecule has 0 bridgehead atoms. The van der Waals surface area contributed by atoms with Crippen LogP contribution in [0.25, 0.3) is 0 Å². The number of hydrogen-bond acceptors (Lipinski definition) is 3. The van der Waals surface area contributed by atoms with Crippen LogP contribution in [0.1, 0.15) is 39.0 Å². The van der Waals surface area contributed by atoms with Gasteiger partial charge in [-0.05, 0) is 18.8 Å². The summed E-state index contributed by atoms with van der Waals surface area (Å²) < 4.78 is 4.92. The lowest BCUT2D eigenvalue weighted by Crippen LogP contribution is -2.47. The molecule has 0 aromatic carbocycles. The lowest BCUT2D eigenvalue weighted by Gasteiger charge is -2.31. The smallest absolute Gasteiger partial charge is 0.323 e. The van der Waals surface area contributed by atoms with Crippen molar-refractivity contribution in [2.24, 2.45) is 5.92 Å². The summed E-state index contributed by atoms with van der Waals surface area (Å²) in [6.07, 6.45) is 5.88. The van der Waals surface area contributed by atoms with Gasteiger partial charge < -0.3 is 9.84 Å². The minimum absolute atomic E-state index is 0.239. The summed E-state index contributed by atoms with van der Waals surface area (Å²) in [6.45, 7) is 2.44. The van der Waals surface area contributed by atoms with E-state index >= 15 is 0 Å². The molecule has 0 aromatic heterocycles. The third-order valence-corrected chi connectivity index (χ3v) is 3.43. The number of carboxylic acid groups (broad SMARTS) is 1. The number of ether oxygens (including phenoxy) is 1. The van der Waals surface area contributed by atoms with E-state index in [2.05, 4.69) is 12.2 Å². The van der Waals surface area contributed by atoms with Crippen LogP contribution in [-0.2, 0) is 9.53 Å². The topological polar surface area (TPSA) is 58.6 Å². The lowest BCUT2D eigenvalue weighted by molar-refractivity contribution is -0.141. The van der Waals surface area contributed by atoms with E-state index in [9.17, 15) is 4.79 Å². The van der Waals surface area contributed by atoms with E-state index in [1.807, 2.05) is 0 Å². The van der Waals surface area contributed by atoms with Gasteiger partial charge in [-0.2, -0.15) is 0 Å². The molecule has 3 atom stereocenters. The Labute approximate surface area is 97.4 Å². The van der Waals surface area contributed by atoms with E-state index in [-0.39, 0.29) is 6.61 Å². The molecule has 0 aromatic rings. The van der Waals surface area contributed by atoms with E-state index in [4.69, 9.17) is 9.84 Å². The molecule has 1 aliphatic carbocycles. The molecule has 0 saturated heterocycles. The molecule has 0 aliphatic heterocycles. The van der Waals surface area contributed by atoms with Crippen molar-refractivity contribution in [3.05, 3.63) is 0 Å². The predicted octanol–water partition coefficient (Wildman–Crippen LogP) is 1.64. The summed E-state index contributed by atoms with van der Waals surface area (Å²) in [5.41, 5.74) is 0. The van der Waals surface area contributed by atoms with Crippen molar-refractivity contribution < 1.29 is 14.6 Å². The molecule has 3 unspecified atom stereocenters. The van der Waals surface area contributed by atoms with Crippen molar-refractivity contribution in [3.8, 4) is 0 Å². The Bertz CT molecular complexity index is 220. The quantitative estimate of drug-likeness (QED) is 0.727. The monoisotopic (exact) mass is 229 g/mol. The first-order valence-corrected chi connectivity index (χ1v) is 6.15.